The summed E-state index contributed by atoms with van der Waals surface area (Å²) in [6.45, 7) is 4.43. The molecule has 0 aliphatic rings. The molecular formula is C20H20N4O2. The van der Waals surface area contributed by atoms with Gasteiger partial charge in [-0.25, -0.2) is 9.97 Å². The second kappa shape index (κ2) is 8.11. The van der Waals surface area contributed by atoms with Gasteiger partial charge in [-0.1, -0.05) is 6.07 Å². The van der Waals surface area contributed by atoms with E-state index in [2.05, 4.69) is 20.6 Å². The smallest absolute Gasteiger partial charge is 0.260 e. The van der Waals surface area contributed by atoms with E-state index in [1.54, 1.807) is 24.4 Å². The van der Waals surface area contributed by atoms with Crippen LogP contribution in [0.3, 0.4) is 0 Å². The number of ether oxygens (including phenoxy) is 1. The monoisotopic (exact) mass is 348 g/mol. The van der Waals surface area contributed by atoms with Crippen molar-refractivity contribution in [1.82, 2.24) is 9.97 Å². The van der Waals surface area contributed by atoms with Gasteiger partial charge in [0, 0.05) is 17.6 Å². The molecule has 0 spiro atoms. The number of aryl methyl sites for hydroxylation is 1. The highest BCUT2D eigenvalue weighted by Crippen LogP contribution is 2.22. The summed E-state index contributed by atoms with van der Waals surface area (Å²) in [5.74, 6) is 1.50. The van der Waals surface area contributed by atoms with Crippen molar-refractivity contribution in [2.45, 2.75) is 13.8 Å². The molecule has 0 aliphatic carbocycles. The first-order chi connectivity index (χ1) is 12.7. The Hall–Kier alpha value is -3.41. The van der Waals surface area contributed by atoms with Gasteiger partial charge in [-0.3, -0.25) is 4.79 Å². The van der Waals surface area contributed by atoms with Crippen LogP contribution in [0.1, 0.15) is 23.0 Å². The van der Waals surface area contributed by atoms with E-state index in [1.807, 2.05) is 50.2 Å². The van der Waals surface area contributed by atoms with Gasteiger partial charge in [-0.15, -0.1) is 0 Å². The minimum Gasteiger partial charge on any atom is -0.494 e. The highest BCUT2D eigenvalue weighted by atomic mass is 16.5. The minimum atomic E-state index is -0.273. The van der Waals surface area contributed by atoms with Crippen LogP contribution in [0.2, 0.25) is 0 Å². The summed E-state index contributed by atoms with van der Waals surface area (Å²) in [6, 6.07) is 16.4. The van der Waals surface area contributed by atoms with Crippen molar-refractivity contribution in [3.8, 4) is 5.75 Å². The molecule has 132 valence electrons. The van der Waals surface area contributed by atoms with Crippen molar-refractivity contribution in [3.63, 3.8) is 0 Å². The zero-order valence-electron chi connectivity index (χ0n) is 14.7. The summed E-state index contributed by atoms with van der Waals surface area (Å²) in [4.78, 5) is 21.2. The predicted molar refractivity (Wildman–Crippen MR) is 102 cm³/mol. The van der Waals surface area contributed by atoms with Crippen LogP contribution < -0.4 is 15.4 Å². The Balaban J connectivity index is 1.78. The lowest BCUT2D eigenvalue weighted by atomic mass is 10.2. The number of aromatic nitrogens is 2. The molecule has 3 rings (SSSR count). The van der Waals surface area contributed by atoms with Crippen LogP contribution in [0.5, 0.6) is 5.75 Å². The highest BCUT2D eigenvalue weighted by molar-refractivity contribution is 6.07. The second-order valence-electron chi connectivity index (χ2n) is 5.60. The van der Waals surface area contributed by atoms with Gasteiger partial charge in [-0.2, -0.15) is 0 Å². The highest BCUT2D eigenvalue weighted by Gasteiger charge is 2.13. The molecule has 2 N–H and O–H groups in total. The molecule has 0 saturated heterocycles. The van der Waals surface area contributed by atoms with Gasteiger partial charge in [0.2, 0.25) is 0 Å². The molecule has 0 unspecified atom stereocenters. The van der Waals surface area contributed by atoms with Crippen molar-refractivity contribution in [1.29, 1.82) is 0 Å². The normalized spacial score (nSPS) is 10.2. The van der Waals surface area contributed by atoms with Crippen molar-refractivity contribution in [2.24, 2.45) is 0 Å². The van der Waals surface area contributed by atoms with Gasteiger partial charge in [0.25, 0.3) is 5.91 Å². The number of carbonyl (C=O) groups excluding carboxylic acids is 1. The Kier molecular flexibility index (Phi) is 5.43. The maximum absolute atomic E-state index is 12.6. The standard InChI is InChI=1S/C20H20N4O2/c1-3-26-16-11-9-15(10-12-16)23-19-17(7-5-13-21-19)20(25)24-18-8-4-6-14(2)22-18/h4-13H,3H2,1-2H3,(H,21,23)(H,22,24,25). The van der Waals surface area contributed by atoms with E-state index in [4.69, 9.17) is 4.74 Å². The first kappa shape index (κ1) is 17.4. The number of nitrogens with one attached hydrogen (secondary N) is 2. The fraction of sp³-hybridized carbons (Fsp3) is 0.150. The minimum absolute atomic E-state index is 0.273. The number of rotatable bonds is 6. The second-order valence-corrected chi connectivity index (χ2v) is 5.60. The van der Waals surface area contributed by atoms with Gasteiger partial charge in [0.15, 0.2) is 0 Å². The lowest BCUT2D eigenvalue weighted by Crippen LogP contribution is -2.15. The summed E-state index contributed by atoms with van der Waals surface area (Å²) in [5, 5.41) is 5.97. The number of pyridine rings is 2. The molecule has 0 atom stereocenters. The first-order valence-corrected chi connectivity index (χ1v) is 8.35. The van der Waals surface area contributed by atoms with Gasteiger partial charge in [0.05, 0.1) is 12.2 Å². The average molecular weight is 348 g/mol. The molecule has 6 nitrogen and oxygen atoms in total. The number of amides is 1. The topological polar surface area (TPSA) is 76.1 Å². The molecule has 6 heteroatoms. The molecule has 0 bridgehead atoms. The Morgan fingerprint density at radius 1 is 1.08 bits per heavy atom. The molecular weight excluding hydrogens is 328 g/mol. The van der Waals surface area contributed by atoms with E-state index in [0.717, 1.165) is 17.1 Å². The third-order valence-corrected chi connectivity index (χ3v) is 3.61. The quantitative estimate of drug-likeness (QED) is 0.699. The van der Waals surface area contributed by atoms with Crippen LogP contribution in [0.25, 0.3) is 0 Å². The van der Waals surface area contributed by atoms with Crippen molar-refractivity contribution < 1.29 is 9.53 Å². The number of hydrogen-bond acceptors (Lipinski definition) is 5. The third-order valence-electron chi connectivity index (χ3n) is 3.61. The lowest BCUT2D eigenvalue weighted by Gasteiger charge is -2.12. The Morgan fingerprint density at radius 3 is 2.62 bits per heavy atom. The van der Waals surface area contributed by atoms with Gasteiger partial charge < -0.3 is 15.4 Å². The molecule has 1 aromatic carbocycles. The van der Waals surface area contributed by atoms with Crippen molar-refractivity contribution >= 4 is 23.2 Å². The Bertz CT molecular complexity index is 894. The molecule has 2 aromatic heterocycles. The van der Waals surface area contributed by atoms with E-state index in [0.29, 0.717) is 23.8 Å². The van der Waals surface area contributed by atoms with Gasteiger partial charge in [-0.05, 0) is 62.4 Å². The first-order valence-electron chi connectivity index (χ1n) is 8.35. The number of carbonyl (C=O) groups is 1. The maximum atomic E-state index is 12.6. The molecule has 3 aromatic rings. The Labute approximate surface area is 152 Å². The van der Waals surface area contributed by atoms with E-state index in [9.17, 15) is 4.79 Å². The van der Waals surface area contributed by atoms with E-state index in [-0.39, 0.29) is 5.91 Å². The molecule has 0 aliphatic heterocycles. The van der Waals surface area contributed by atoms with Crippen LogP contribution in [-0.4, -0.2) is 22.5 Å². The van der Waals surface area contributed by atoms with Gasteiger partial charge >= 0.3 is 0 Å². The molecule has 0 saturated carbocycles. The molecule has 26 heavy (non-hydrogen) atoms. The lowest BCUT2D eigenvalue weighted by molar-refractivity contribution is 0.102. The van der Waals surface area contributed by atoms with E-state index < -0.39 is 0 Å². The Morgan fingerprint density at radius 2 is 1.88 bits per heavy atom. The van der Waals surface area contributed by atoms with Crippen molar-refractivity contribution in [3.05, 3.63) is 72.1 Å². The van der Waals surface area contributed by atoms with Crippen LogP contribution in [0, 0.1) is 6.92 Å². The SMILES string of the molecule is CCOc1ccc(Nc2ncccc2C(=O)Nc2cccc(C)n2)cc1. The number of benzene rings is 1. The molecule has 2 heterocycles. The third kappa shape index (κ3) is 4.36. The number of nitrogens with zero attached hydrogens (tertiary/aromatic N) is 2. The summed E-state index contributed by atoms with van der Waals surface area (Å²) >= 11 is 0. The van der Waals surface area contributed by atoms with E-state index in [1.165, 1.54) is 0 Å². The van der Waals surface area contributed by atoms with Crippen LogP contribution in [0.15, 0.2) is 60.8 Å². The van der Waals surface area contributed by atoms with Crippen molar-refractivity contribution in [2.75, 3.05) is 17.2 Å². The zero-order valence-corrected chi connectivity index (χ0v) is 14.7. The summed E-state index contributed by atoms with van der Waals surface area (Å²) in [5.41, 5.74) is 2.08. The summed E-state index contributed by atoms with van der Waals surface area (Å²) < 4.78 is 5.43. The predicted octanol–water partition coefficient (Wildman–Crippen LogP) is 4.18. The molecule has 0 fully saturated rings. The fourth-order valence-electron chi connectivity index (χ4n) is 2.42. The van der Waals surface area contributed by atoms with Crippen LogP contribution in [0.4, 0.5) is 17.3 Å². The van der Waals surface area contributed by atoms with Crippen LogP contribution >= 0.6 is 0 Å². The van der Waals surface area contributed by atoms with Gasteiger partial charge in [0.1, 0.15) is 17.4 Å². The number of anilines is 3. The van der Waals surface area contributed by atoms with E-state index >= 15 is 0 Å². The van der Waals surface area contributed by atoms with Crippen LogP contribution in [-0.2, 0) is 0 Å². The molecule has 1 amide bonds. The zero-order chi connectivity index (χ0) is 18.4. The maximum Gasteiger partial charge on any atom is 0.260 e. The fourth-order valence-corrected chi connectivity index (χ4v) is 2.42. The number of hydrogen-bond donors (Lipinski definition) is 2. The molecule has 0 radical (unpaired) electrons. The average Bonchev–Trinajstić information content (AvgIpc) is 2.64. The largest absolute Gasteiger partial charge is 0.494 e. The summed E-state index contributed by atoms with van der Waals surface area (Å²) in [6.07, 6.45) is 1.64. The summed E-state index contributed by atoms with van der Waals surface area (Å²) in [7, 11) is 0.